The minimum absolute atomic E-state index is 0.0470. The zero-order chi connectivity index (χ0) is 16.0. The van der Waals surface area contributed by atoms with Crippen LogP contribution >= 0.6 is 0 Å². The first-order valence-corrected chi connectivity index (χ1v) is 7.97. The maximum Gasteiger partial charge on any atom is 0.250 e. The molecule has 2 atom stereocenters. The van der Waals surface area contributed by atoms with E-state index in [9.17, 15) is 13.6 Å². The summed E-state index contributed by atoms with van der Waals surface area (Å²) in [5.41, 5.74) is 1.23. The number of pyridine rings is 1. The molecule has 2 aliphatic heterocycles. The van der Waals surface area contributed by atoms with Crippen LogP contribution in [0.2, 0.25) is 0 Å². The van der Waals surface area contributed by atoms with Crippen LogP contribution in [0, 0.1) is 17.6 Å². The second kappa shape index (κ2) is 5.57. The van der Waals surface area contributed by atoms with Crippen molar-refractivity contribution >= 4 is 0 Å². The molecule has 1 aromatic heterocycles. The van der Waals surface area contributed by atoms with Crippen molar-refractivity contribution in [2.24, 2.45) is 5.92 Å². The Morgan fingerprint density at radius 2 is 1.74 bits per heavy atom. The van der Waals surface area contributed by atoms with E-state index < -0.39 is 11.6 Å². The highest BCUT2D eigenvalue weighted by Gasteiger charge is 2.34. The zero-order valence-electron chi connectivity index (χ0n) is 12.7. The Morgan fingerprint density at radius 1 is 1.00 bits per heavy atom. The van der Waals surface area contributed by atoms with E-state index in [1.54, 1.807) is 12.1 Å². The predicted octanol–water partition coefficient (Wildman–Crippen LogP) is 2.75. The average Bonchev–Trinajstić information content (AvgIpc) is 2.52. The van der Waals surface area contributed by atoms with E-state index in [0.29, 0.717) is 12.5 Å². The molecule has 23 heavy (non-hydrogen) atoms. The van der Waals surface area contributed by atoms with E-state index in [-0.39, 0.29) is 23.6 Å². The van der Waals surface area contributed by atoms with Gasteiger partial charge in [-0.3, -0.25) is 9.69 Å². The maximum atomic E-state index is 13.9. The van der Waals surface area contributed by atoms with Crippen LogP contribution in [0.4, 0.5) is 8.78 Å². The molecule has 3 nitrogen and oxygen atoms in total. The Labute approximate surface area is 133 Å². The quantitative estimate of drug-likeness (QED) is 0.851. The summed E-state index contributed by atoms with van der Waals surface area (Å²) in [4.78, 5) is 14.1. The van der Waals surface area contributed by atoms with Crippen LogP contribution in [-0.2, 0) is 13.1 Å². The molecule has 2 aromatic rings. The molecule has 0 unspecified atom stereocenters. The molecular weight excluding hydrogens is 298 g/mol. The van der Waals surface area contributed by atoms with Gasteiger partial charge in [0.1, 0.15) is 11.6 Å². The monoisotopic (exact) mass is 316 g/mol. The van der Waals surface area contributed by atoms with Crippen LogP contribution in [0.15, 0.2) is 41.2 Å². The highest BCUT2D eigenvalue weighted by atomic mass is 19.1. The molecule has 4 rings (SSSR count). The first kappa shape index (κ1) is 14.6. The van der Waals surface area contributed by atoms with Crippen LogP contribution in [0.25, 0.3) is 0 Å². The third-order valence-corrected chi connectivity index (χ3v) is 5.00. The number of hydrogen-bond donors (Lipinski definition) is 0. The number of halogens is 2. The van der Waals surface area contributed by atoms with Gasteiger partial charge in [0.05, 0.1) is 0 Å². The van der Waals surface area contributed by atoms with E-state index in [4.69, 9.17) is 0 Å². The molecule has 0 radical (unpaired) electrons. The molecule has 120 valence electrons. The van der Waals surface area contributed by atoms with E-state index in [0.717, 1.165) is 25.2 Å². The predicted molar refractivity (Wildman–Crippen MR) is 83.2 cm³/mol. The van der Waals surface area contributed by atoms with Crippen molar-refractivity contribution in [3.63, 3.8) is 0 Å². The normalized spacial score (nSPS) is 23.6. The lowest BCUT2D eigenvalue weighted by Gasteiger charge is -2.42. The third kappa shape index (κ3) is 2.59. The van der Waals surface area contributed by atoms with Gasteiger partial charge in [-0.15, -0.1) is 0 Å². The molecule has 0 spiro atoms. The third-order valence-electron chi connectivity index (χ3n) is 5.00. The summed E-state index contributed by atoms with van der Waals surface area (Å²) in [7, 11) is 0. The molecule has 0 aliphatic carbocycles. The largest absolute Gasteiger partial charge is 0.312 e. The van der Waals surface area contributed by atoms with Crippen molar-refractivity contribution in [3.8, 4) is 0 Å². The van der Waals surface area contributed by atoms with E-state index >= 15 is 0 Å². The second-order valence-corrected chi connectivity index (χ2v) is 6.59. The van der Waals surface area contributed by atoms with Crippen LogP contribution in [0.1, 0.15) is 23.6 Å². The molecule has 0 saturated carbocycles. The Morgan fingerprint density at radius 3 is 2.52 bits per heavy atom. The van der Waals surface area contributed by atoms with Crippen LogP contribution < -0.4 is 5.56 Å². The minimum atomic E-state index is -0.489. The summed E-state index contributed by atoms with van der Waals surface area (Å²) in [6, 6.07) is 9.38. The molecular formula is C18H18F2N2O. The fourth-order valence-corrected chi connectivity index (χ4v) is 4.03. The van der Waals surface area contributed by atoms with E-state index in [2.05, 4.69) is 4.90 Å². The van der Waals surface area contributed by atoms with Crippen molar-refractivity contribution in [3.05, 3.63) is 69.6 Å². The van der Waals surface area contributed by atoms with Gasteiger partial charge in [0.15, 0.2) is 0 Å². The number of nitrogens with zero attached hydrogens (tertiary/aromatic N) is 2. The van der Waals surface area contributed by atoms with Gasteiger partial charge in [0, 0.05) is 49.4 Å². The van der Waals surface area contributed by atoms with Gasteiger partial charge in [-0.05, 0) is 30.5 Å². The summed E-state index contributed by atoms with van der Waals surface area (Å²) in [5.74, 6) is -0.364. The smallest absolute Gasteiger partial charge is 0.250 e. The van der Waals surface area contributed by atoms with Crippen LogP contribution in [0.5, 0.6) is 0 Å². The molecule has 5 heteroatoms. The molecule has 1 fully saturated rings. The summed E-state index contributed by atoms with van der Waals surface area (Å²) >= 11 is 0. The van der Waals surface area contributed by atoms with Gasteiger partial charge < -0.3 is 4.57 Å². The lowest BCUT2D eigenvalue weighted by molar-refractivity contribution is 0.112. The molecule has 2 bridgehead atoms. The first-order chi connectivity index (χ1) is 11.1. The molecule has 0 amide bonds. The summed E-state index contributed by atoms with van der Waals surface area (Å²) in [5, 5.41) is 0. The fourth-order valence-electron chi connectivity index (χ4n) is 4.03. The molecule has 2 aliphatic rings. The first-order valence-electron chi connectivity index (χ1n) is 7.97. The molecule has 3 heterocycles. The zero-order valence-corrected chi connectivity index (χ0v) is 12.7. The number of hydrogen-bond acceptors (Lipinski definition) is 2. The molecule has 0 N–H and O–H groups in total. The summed E-state index contributed by atoms with van der Waals surface area (Å²) in [6.45, 7) is 2.48. The standard InChI is InChI=1S/C18H18F2N2O/c19-15-3-1-4-16(20)14(15)11-21-8-12-7-13(10-21)17-5-2-6-18(23)22(17)9-12/h1-6,12-13H,7-11H2/t12-,13-/m1/s1. The van der Waals surface area contributed by atoms with Crippen LogP contribution in [0.3, 0.4) is 0 Å². The maximum absolute atomic E-state index is 13.9. The fraction of sp³-hybridized carbons (Fsp3) is 0.389. The van der Waals surface area contributed by atoms with Crippen molar-refractivity contribution in [2.45, 2.75) is 25.4 Å². The number of rotatable bonds is 2. The highest BCUT2D eigenvalue weighted by Crippen LogP contribution is 2.35. The Kier molecular flexibility index (Phi) is 3.53. The van der Waals surface area contributed by atoms with Gasteiger partial charge in [0.2, 0.25) is 0 Å². The number of aromatic nitrogens is 1. The lowest BCUT2D eigenvalue weighted by atomic mass is 9.83. The van der Waals surface area contributed by atoms with Gasteiger partial charge >= 0.3 is 0 Å². The summed E-state index contributed by atoms with van der Waals surface area (Å²) in [6.07, 6.45) is 1.04. The van der Waals surface area contributed by atoms with Crippen LogP contribution in [-0.4, -0.2) is 22.6 Å². The van der Waals surface area contributed by atoms with Gasteiger partial charge in [-0.25, -0.2) is 8.78 Å². The number of benzene rings is 1. The van der Waals surface area contributed by atoms with E-state index in [1.165, 1.54) is 18.2 Å². The van der Waals surface area contributed by atoms with Crippen molar-refractivity contribution in [2.75, 3.05) is 13.1 Å². The second-order valence-electron chi connectivity index (χ2n) is 6.59. The Hall–Kier alpha value is -2.01. The summed E-state index contributed by atoms with van der Waals surface area (Å²) < 4.78 is 29.6. The highest BCUT2D eigenvalue weighted by molar-refractivity contribution is 5.21. The van der Waals surface area contributed by atoms with Gasteiger partial charge in [0.25, 0.3) is 5.56 Å². The van der Waals surface area contributed by atoms with Crippen molar-refractivity contribution in [1.82, 2.24) is 9.47 Å². The van der Waals surface area contributed by atoms with Crippen molar-refractivity contribution < 1.29 is 8.78 Å². The minimum Gasteiger partial charge on any atom is -0.312 e. The van der Waals surface area contributed by atoms with Gasteiger partial charge in [-0.1, -0.05) is 12.1 Å². The topological polar surface area (TPSA) is 25.2 Å². The number of fused-ring (bicyclic) bond motifs is 4. The number of piperidine rings is 1. The van der Waals surface area contributed by atoms with Crippen molar-refractivity contribution in [1.29, 1.82) is 0 Å². The Balaban J connectivity index is 1.60. The average molecular weight is 316 g/mol. The van der Waals surface area contributed by atoms with Gasteiger partial charge in [-0.2, -0.15) is 0 Å². The number of likely N-dealkylation sites (tertiary alicyclic amines) is 1. The lowest BCUT2D eigenvalue weighted by Crippen LogP contribution is -2.46. The Bertz CT molecular complexity index is 782. The molecule has 1 aromatic carbocycles. The molecule has 1 saturated heterocycles. The SMILES string of the molecule is O=c1cccc2n1C[C@@H]1C[C@@H]2CN(Cc2c(F)cccc2F)C1. The van der Waals surface area contributed by atoms with E-state index in [1.807, 2.05) is 10.6 Å².